The standard InChI is InChI=1S/C11H8Cl4N2/c1-6-8(5-12)11(15)17(16-6)10-3-2-7(13)4-9(10)14/h2-4H,5H2,1H3. The van der Waals surface area contributed by atoms with Crippen molar-refractivity contribution in [2.45, 2.75) is 12.8 Å². The number of benzene rings is 1. The third-order valence-electron chi connectivity index (χ3n) is 2.39. The van der Waals surface area contributed by atoms with E-state index >= 15 is 0 Å². The molecule has 17 heavy (non-hydrogen) atoms. The van der Waals surface area contributed by atoms with Crippen molar-refractivity contribution < 1.29 is 0 Å². The van der Waals surface area contributed by atoms with E-state index in [2.05, 4.69) is 5.10 Å². The first-order chi connectivity index (χ1) is 8.04. The van der Waals surface area contributed by atoms with Gasteiger partial charge in [0.15, 0.2) is 0 Å². The molecule has 0 N–H and O–H groups in total. The average molecular weight is 310 g/mol. The summed E-state index contributed by atoms with van der Waals surface area (Å²) in [5.41, 5.74) is 2.27. The highest BCUT2D eigenvalue weighted by molar-refractivity contribution is 6.36. The number of rotatable bonds is 2. The molecule has 0 atom stereocenters. The van der Waals surface area contributed by atoms with E-state index in [0.29, 0.717) is 26.8 Å². The number of aromatic nitrogens is 2. The summed E-state index contributed by atoms with van der Waals surface area (Å²) in [7, 11) is 0. The van der Waals surface area contributed by atoms with E-state index in [9.17, 15) is 0 Å². The second-order valence-electron chi connectivity index (χ2n) is 3.50. The summed E-state index contributed by atoms with van der Waals surface area (Å²) >= 11 is 24.0. The molecule has 2 nitrogen and oxygen atoms in total. The minimum atomic E-state index is 0.315. The highest BCUT2D eigenvalue weighted by Gasteiger charge is 2.15. The van der Waals surface area contributed by atoms with Gasteiger partial charge in [-0.05, 0) is 25.1 Å². The van der Waals surface area contributed by atoms with E-state index in [-0.39, 0.29) is 0 Å². The Labute approximate surface area is 119 Å². The van der Waals surface area contributed by atoms with E-state index in [1.807, 2.05) is 6.92 Å². The summed E-state index contributed by atoms with van der Waals surface area (Å²) < 4.78 is 1.56. The zero-order chi connectivity index (χ0) is 12.6. The van der Waals surface area contributed by atoms with Crippen LogP contribution >= 0.6 is 46.4 Å². The molecule has 0 fully saturated rings. The van der Waals surface area contributed by atoms with Crippen molar-refractivity contribution in [3.8, 4) is 5.69 Å². The first-order valence-corrected chi connectivity index (χ1v) is 6.47. The fourth-order valence-corrected chi connectivity index (χ4v) is 2.71. The highest BCUT2D eigenvalue weighted by Crippen LogP contribution is 2.30. The van der Waals surface area contributed by atoms with Gasteiger partial charge >= 0.3 is 0 Å². The highest BCUT2D eigenvalue weighted by atomic mass is 35.5. The van der Waals surface area contributed by atoms with Gasteiger partial charge in [-0.15, -0.1) is 11.6 Å². The molecule has 2 rings (SSSR count). The molecule has 1 heterocycles. The predicted octanol–water partition coefficient (Wildman–Crippen LogP) is 4.88. The van der Waals surface area contributed by atoms with Crippen LogP contribution in [0.1, 0.15) is 11.3 Å². The summed E-state index contributed by atoms with van der Waals surface area (Å²) in [5.74, 6) is 0.315. The van der Waals surface area contributed by atoms with Crippen LogP contribution in [0.2, 0.25) is 15.2 Å². The number of halogens is 4. The Morgan fingerprint density at radius 3 is 2.47 bits per heavy atom. The summed E-state index contributed by atoms with van der Waals surface area (Å²) in [4.78, 5) is 0. The molecule has 0 amide bonds. The van der Waals surface area contributed by atoms with Gasteiger partial charge in [-0.3, -0.25) is 0 Å². The second-order valence-corrected chi connectivity index (χ2v) is 4.96. The van der Waals surface area contributed by atoms with Crippen LogP contribution in [0.3, 0.4) is 0 Å². The smallest absolute Gasteiger partial charge is 0.137 e. The average Bonchev–Trinajstić information content (AvgIpc) is 2.54. The second kappa shape index (κ2) is 5.07. The normalized spacial score (nSPS) is 10.9. The lowest BCUT2D eigenvalue weighted by molar-refractivity contribution is 0.863. The topological polar surface area (TPSA) is 17.8 Å². The lowest BCUT2D eigenvalue weighted by Crippen LogP contribution is -1.97. The first-order valence-electron chi connectivity index (χ1n) is 4.80. The Hall–Kier alpha value is -0.410. The number of hydrogen-bond donors (Lipinski definition) is 0. The van der Waals surface area contributed by atoms with Crippen LogP contribution < -0.4 is 0 Å². The molecule has 2 aromatic rings. The Kier molecular flexibility index (Phi) is 3.88. The van der Waals surface area contributed by atoms with Gasteiger partial charge < -0.3 is 0 Å². The van der Waals surface area contributed by atoms with Crippen molar-refractivity contribution >= 4 is 46.4 Å². The Balaban J connectivity index is 2.61. The first kappa shape index (κ1) is 13.0. The van der Waals surface area contributed by atoms with Gasteiger partial charge in [0.1, 0.15) is 5.15 Å². The molecular formula is C11H8Cl4N2. The van der Waals surface area contributed by atoms with Crippen LogP contribution in [0, 0.1) is 6.92 Å². The zero-order valence-corrected chi connectivity index (χ0v) is 11.9. The maximum Gasteiger partial charge on any atom is 0.137 e. The summed E-state index contributed by atoms with van der Waals surface area (Å²) in [6.07, 6.45) is 0. The lowest BCUT2D eigenvalue weighted by atomic mass is 10.3. The number of nitrogens with zero attached hydrogens (tertiary/aromatic N) is 2. The SMILES string of the molecule is Cc1nn(-c2ccc(Cl)cc2Cl)c(Cl)c1CCl. The van der Waals surface area contributed by atoms with Crippen LogP contribution in [0.4, 0.5) is 0 Å². The lowest BCUT2D eigenvalue weighted by Gasteiger charge is -2.06. The summed E-state index contributed by atoms with van der Waals surface area (Å²) in [6.45, 7) is 1.85. The number of hydrogen-bond acceptors (Lipinski definition) is 1. The van der Waals surface area contributed by atoms with E-state index in [1.54, 1.807) is 22.9 Å². The van der Waals surface area contributed by atoms with Crippen molar-refractivity contribution in [2.24, 2.45) is 0 Å². The molecular weight excluding hydrogens is 302 g/mol. The number of alkyl halides is 1. The molecule has 0 saturated carbocycles. The number of aryl methyl sites for hydroxylation is 1. The summed E-state index contributed by atoms with van der Waals surface area (Å²) in [6, 6.07) is 5.14. The molecule has 6 heteroatoms. The third-order valence-corrected chi connectivity index (χ3v) is 3.59. The van der Waals surface area contributed by atoms with Crippen molar-refractivity contribution in [1.82, 2.24) is 9.78 Å². The molecule has 0 unspecified atom stereocenters. The molecule has 0 spiro atoms. The Bertz CT molecular complexity index is 563. The van der Waals surface area contributed by atoms with Crippen LogP contribution in [0.15, 0.2) is 18.2 Å². The minimum absolute atomic E-state index is 0.315. The molecule has 0 aliphatic rings. The van der Waals surface area contributed by atoms with Gasteiger partial charge in [0.25, 0.3) is 0 Å². The van der Waals surface area contributed by atoms with Crippen LogP contribution in [-0.2, 0) is 5.88 Å². The molecule has 0 radical (unpaired) electrons. The van der Waals surface area contributed by atoms with Crippen LogP contribution in [0.25, 0.3) is 5.69 Å². The molecule has 0 aliphatic carbocycles. The van der Waals surface area contributed by atoms with Crippen molar-refractivity contribution in [2.75, 3.05) is 0 Å². The van der Waals surface area contributed by atoms with E-state index in [4.69, 9.17) is 46.4 Å². The van der Waals surface area contributed by atoms with Gasteiger partial charge in [0, 0.05) is 10.6 Å². The van der Waals surface area contributed by atoms with Crippen molar-refractivity contribution in [1.29, 1.82) is 0 Å². The predicted molar refractivity (Wildman–Crippen MR) is 72.9 cm³/mol. The van der Waals surface area contributed by atoms with Gasteiger partial charge in [0.05, 0.1) is 22.3 Å². The van der Waals surface area contributed by atoms with Crippen LogP contribution in [-0.4, -0.2) is 9.78 Å². The van der Waals surface area contributed by atoms with E-state index < -0.39 is 0 Å². The van der Waals surface area contributed by atoms with E-state index in [0.717, 1.165) is 11.3 Å². The van der Waals surface area contributed by atoms with Gasteiger partial charge in [0.2, 0.25) is 0 Å². The largest absolute Gasteiger partial charge is 0.220 e. The summed E-state index contributed by atoms with van der Waals surface area (Å²) in [5, 5.41) is 5.84. The monoisotopic (exact) mass is 308 g/mol. The molecule has 0 bridgehead atoms. The fourth-order valence-electron chi connectivity index (χ4n) is 1.50. The molecule has 90 valence electrons. The van der Waals surface area contributed by atoms with Gasteiger partial charge in [-0.25, -0.2) is 4.68 Å². The van der Waals surface area contributed by atoms with E-state index in [1.165, 1.54) is 0 Å². The van der Waals surface area contributed by atoms with Gasteiger partial charge in [-0.1, -0.05) is 34.8 Å². The maximum absolute atomic E-state index is 6.20. The third kappa shape index (κ3) is 2.41. The molecule has 1 aromatic carbocycles. The Morgan fingerprint density at radius 1 is 1.24 bits per heavy atom. The Morgan fingerprint density at radius 2 is 1.94 bits per heavy atom. The minimum Gasteiger partial charge on any atom is -0.220 e. The van der Waals surface area contributed by atoms with Crippen molar-refractivity contribution in [3.05, 3.63) is 44.7 Å². The molecule has 0 aliphatic heterocycles. The van der Waals surface area contributed by atoms with Crippen LogP contribution in [0.5, 0.6) is 0 Å². The quantitative estimate of drug-likeness (QED) is 0.723. The zero-order valence-electron chi connectivity index (χ0n) is 8.85. The van der Waals surface area contributed by atoms with Crippen molar-refractivity contribution in [3.63, 3.8) is 0 Å². The van der Waals surface area contributed by atoms with Gasteiger partial charge in [-0.2, -0.15) is 5.10 Å². The molecule has 1 aromatic heterocycles. The fraction of sp³-hybridized carbons (Fsp3) is 0.182. The molecule has 0 saturated heterocycles. The maximum atomic E-state index is 6.20.